The summed E-state index contributed by atoms with van der Waals surface area (Å²) in [4.78, 5) is 4.71. The molecule has 0 saturated heterocycles. The van der Waals surface area contributed by atoms with Gasteiger partial charge in [0.2, 0.25) is 0 Å². The lowest BCUT2D eigenvalue weighted by molar-refractivity contribution is 0.321. The molecule has 0 radical (unpaired) electrons. The molecule has 134 heavy (non-hydrogen) atoms. The average Bonchev–Trinajstić information content (AvgIpc) is 0.802. The van der Waals surface area contributed by atoms with E-state index < -0.39 is 7.92 Å². The van der Waals surface area contributed by atoms with Crippen LogP contribution in [0.2, 0.25) is 0 Å². The largest absolute Gasteiger partial charge is 0.311 e. The van der Waals surface area contributed by atoms with Gasteiger partial charge >= 0.3 is 0 Å². The van der Waals surface area contributed by atoms with Crippen LogP contribution in [0.15, 0.2) is 273 Å². The minimum Gasteiger partial charge on any atom is -0.311 e. The van der Waals surface area contributed by atoms with Crippen molar-refractivity contribution >= 4 is 48.8 Å². The first kappa shape index (κ1) is 114. The molecule has 0 aromatic heterocycles. The number of rotatable bonds is 27. The van der Waals surface area contributed by atoms with E-state index in [2.05, 4.69) is 484 Å². The van der Waals surface area contributed by atoms with Gasteiger partial charge in [-0.05, 0) is 409 Å². The van der Waals surface area contributed by atoms with Crippen molar-refractivity contribution in [1.82, 2.24) is 4.90 Å². The fourth-order valence-corrected chi connectivity index (χ4v) is 20.5. The second-order valence-corrected chi connectivity index (χ2v) is 39.4. The highest BCUT2D eigenvalue weighted by molar-refractivity contribution is 7.79. The lowest BCUT2D eigenvalue weighted by Crippen LogP contribution is -2.21. The monoisotopic (exact) mass is 1820 g/mol. The molecule has 2 nitrogen and oxygen atoms in total. The average molecular weight is 1820 g/mol. The van der Waals surface area contributed by atoms with Gasteiger partial charge in [0.15, 0.2) is 0 Å². The van der Waals surface area contributed by atoms with E-state index in [9.17, 15) is 0 Å². The number of hydrogen-bond acceptors (Lipinski definition) is 2. The third-order valence-corrected chi connectivity index (χ3v) is 30.3. The lowest BCUT2D eigenvalue weighted by atomic mass is 9.85. The first-order valence-corrected chi connectivity index (χ1v) is 53.3. The molecular formula is C130H166N2P2. The number of anilines is 3. The first-order chi connectivity index (χ1) is 64.4. The van der Waals surface area contributed by atoms with Crippen molar-refractivity contribution in [3.63, 3.8) is 0 Å². The third kappa shape index (κ3) is 36.1. The van der Waals surface area contributed by atoms with Crippen LogP contribution in [0.3, 0.4) is 0 Å². The van der Waals surface area contributed by atoms with E-state index >= 15 is 0 Å². The summed E-state index contributed by atoms with van der Waals surface area (Å²) < 4.78 is 0. The SMILES string of the molecule is C.CC#Cc1ccc(-c2cc(-c3ccc(C#CC)cc3)cc(-c3ccc(C#CC)cc3)c2)cc1.CCN(CC)CC.CCP(CC)CC.CCc1c(C)c(CC)c(C)c(CC)c1C.CCc1cc(CC)cc(CC)c1.CCc1ccc(N(c2ccc(CC)cc2)c2ccc(CC)cc2)cc1.CCc1ccc(P(c2ccc(CC)cc2)c2ccc(CC)cc2)cc1.Cc1cc(C)cc(C)c1. The highest BCUT2D eigenvalue weighted by Gasteiger charge is 2.19. The van der Waals surface area contributed by atoms with Crippen molar-refractivity contribution in [3.8, 4) is 68.9 Å². The second kappa shape index (κ2) is 62.7. The molecule has 0 amide bonds. The summed E-state index contributed by atoms with van der Waals surface area (Å²) in [5.41, 5.74) is 39.9. The molecule has 0 unspecified atom stereocenters. The van der Waals surface area contributed by atoms with Crippen LogP contribution in [0.1, 0.15) is 270 Å². The van der Waals surface area contributed by atoms with Gasteiger partial charge < -0.3 is 9.80 Å². The molecule has 13 aromatic carbocycles. The van der Waals surface area contributed by atoms with Gasteiger partial charge in [0.25, 0.3) is 0 Å². The highest BCUT2D eigenvalue weighted by Crippen LogP contribution is 2.39. The Morgan fingerprint density at radius 2 is 0.433 bits per heavy atom. The lowest BCUT2D eigenvalue weighted by Gasteiger charge is -2.26. The van der Waals surface area contributed by atoms with Gasteiger partial charge in [-0.1, -0.05) is 348 Å². The van der Waals surface area contributed by atoms with Gasteiger partial charge in [0.1, 0.15) is 0 Å². The molecule has 13 rings (SSSR count). The van der Waals surface area contributed by atoms with Crippen LogP contribution in [0.5, 0.6) is 0 Å². The Bertz CT molecular complexity index is 4960. The van der Waals surface area contributed by atoms with E-state index in [1.54, 1.807) is 16.7 Å². The second-order valence-electron chi connectivity index (χ2n) is 33.9. The fraction of sp³-hybridized carbons (Fsp3) is 0.354. The van der Waals surface area contributed by atoms with E-state index in [-0.39, 0.29) is 7.43 Å². The number of benzene rings is 13. The predicted octanol–water partition coefficient (Wildman–Crippen LogP) is 34.6. The van der Waals surface area contributed by atoms with Gasteiger partial charge in [-0.15, -0.1) is 25.7 Å². The molecule has 4 heteroatoms. The molecule has 0 saturated carbocycles. The smallest absolute Gasteiger partial charge is 0.0461 e. The van der Waals surface area contributed by atoms with Crippen molar-refractivity contribution in [2.45, 2.75) is 271 Å². The summed E-state index contributed by atoms with van der Waals surface area (Å²) in [5, 5.41) is 4.29. The van der Waals surface area contributed by atoms with Crippen LogP contribution in [0.4, 0.5) is 17.1 Å². The Morgan fingerprint density at radius 3 is 0.597 bits per heavy atom. The molecule has 706 valence electrons. The molecule has 0 bridgehead atoms. The van der Waals surface area contributed by atoms with Gasteiger partial charge in [0, 0.05) is 33.8 Å². The number of hydrogen-bond donors (Lipinski definition) is 0. The van der Waals surface area contributed by atoms with Crippen LogP contribution in [0.25, 0.3) is 33.4 Å². The summed E-state index contributed by atoms with van der Waals surface area (Å²) in [5.74, 6) is 18.2. The highest BCUT2D eigenvalue weighted by atomic mass is 31.1. The number of nitrogens with zero attached hydrogens (tertiary/aromatic N) is 2. The third-order valence-electron chi connectivity index (χ3n) is 25.2. The van der Waals surface area contributed by atoms with Crippen molar-refractivity contribution in [1.29, 1.82) is 0 Å². The summed E-state index contributed by atoms with van der Waals surface area (Å²) in [7, 11) is -0.0522. The first-order valence-electron chi connectivity index (χ1n) is 50.0. The maximum atomic E-state index is 3.12. The molecule has 0 heterocycles. The maximum absolute atomic E-state index is 3.12. The van der Waals surface area contributed by atoms with Gasteiger partial charge in [0.05, 0.1) is 0 Å². The molecule has 13 aromatic rings. The topological polar surface area (TPSA) is 6.48 Å². The van der Waals surface area contributed by atoms with E-state index in [1.807, 2.05) is 20.8 Å². The molecular weight excluding hydrogens is 1650 g/mol. The molecule has 0 aliphatic rings. The van der Waals surface area contributed by atoms with Gasteiger partial charge in [-0.2, -0.15) is 0 Å². The van der Waals surface area contributed by atoms with E-state index in [4.69, 9.17) is 0 Å². The Kier molecular flexibility index (Phi) is 53.2. The summed E-state index contributed by atoms with van der Waals surface area (Å²) in [6.07, 6.45) is 17.7. The van der Waals surface area contributed by atoms with Crippen LogP contribution < -0.4 is 20.8 Å². The van der Waals surface area contributed by atoms with Gasteiger partial charge in [-0.25, -0.2) is 0 Å². The maximum Gasteiger partial charge on any atom is 0.0461 e. The summed E-state index contributed by atoms with van der Waals surface area (Å²) >= 11 is 0. The quantitative estimate of drug-likeness (QED) is 0.0374. The van der Waals surface area contributed by atoms with Gasteiger partial charge in [-0.3, -0.25) is 0 Å². The Labute approximate surface area is 821 Å². The van der Waals surface area contributed by atoms with Crippen molar-refractivity contribution in [2.75, 3.05) is 43.0 Å². The predicted molar refractivity (Wildman–Crippen MR) is 606 cm³/mol. The Hall–Kier alpha value is -10.8. The molecule has 0 aliphatic heterocycles. The minimum absolute atomic E-state index is 0. The normalized spacial score (nSPS) is 10.3. The van der Waals surface area contributed by atoms with Crippen molar-refractivity contribution in [3.05, 3.63) is 390 Å². The molecule has 0 atom stereocenters. The van der Waals surface area contributed by atoms with E-state index in [0.29, 0.717) is 7.92 Å². The fourth-order valence-electron chi connectivity index (χ4n) is 17.0. The minimum atomic E-state index is -0.498. The van der Waals surface area contributed by atoms with Crippen LogP contribution in [0, 0.1) is 77.1 Å². The van der Waals surface area contributed by atoms with Crippen molar-refractivity contribution < 1.29 is 0 Å². The van der Waals surface area contributed by atoms with Crippen LogP contribution >= 0.6 is 15.8 Å². The summed E-state index contributed by atoms with van der Waals surface area (Å²) in [6.45, 7) is 62.5. The van der Waals surface area contributed by atoms with Crippen LogP contribution in [-0.4, -0.2) is 43.0 Å². The zero-order valence-electron chi connectivity index (χ0n) is 87.0. The molecule has 0 fully saturated rings. The molecule has 0 N–H and O–H groups in total. The standard InChI is InChI=1S/C33H24.C24H27N.C24H27P.C15H24.C12H18.C9H12.C6H15N.C6H15P.CH4/c1-4-7-25-10-16-28(17-11-25)31-22-32(29-18-12-26(8-5-2)13-19-29)24-33(23-31)30-20-14-27(9-6-3)15-21-30;2*1-4-19-7-13-22(14-8-19)25(23-15-9-20(5-2)10-16-23)24-17-11-21(6-3)12-18-24;1-7-13-10(4)14(8-2)12(6)15(9-3)11(13)5;1-4-10-7-11(5-2)9-12(6-3)8-10;1-7-4-8(2)6-9(3)5-7;2*1-4-7(5-2)6-3;/h10-24H,1-3H3;2*7-18H,4-6H2,1-3H3;7-9H2,1-6H3;7-9H,4-6H2,1-3H3;4-6H,1-3H3;2*4-6H2,1-3H3;1H4. The zero-order valence-corrected chi connectivity index (χ0v) is 88.8. The summed E-state index contributed by atoms with van der Waals surface area (Å²) in [6, 6.07) is 99.9. The Balaban J connectivity index is 0.000000286. The van der Waals surface area contributed by atoms with Crippen LogP contribution in [-0.2, 0) is 77.0 Å². The van der Waals surface area contributed by atoms with E-state index in [1.165, 1.54) is 188 Å². The molecule has 0 spiro atoms. The van der Waals surface area contributed by atoms with E-state index in [0.717, 1.165) is 93.7 Å². The Morgan fingerprint density at radius 1 is 0.224 bits per heavy atom. The zero-order chi connectivity index (χ0) is 97.2. The molecule has 0 aliphatic carbocycles. The number of aryl methyl sites for hydroxylation is 12. The van der Waals surface area contributed by atoms with Crippen molar-refractivity contribution in [2.24, 2.45) is 0 Å².